The van der Waals surface area contributed by atoms with Gasteiger partial charge in [-0.1, -0.05) is 12.1 Å². The van der Waals surface area contributed by atoms with E-state index in [9.17, 15) is 9.18 Å². The molecule has 5 rings (SSSR count). The zero-order valence-corrected chi connectivity index (χ0v) is 19.2. The fourth-order valence-electron chi connectivity index (χ4n) is 3.93. The van der Waals surface area contributed by atoms with Gasteiger partial charge in [-0.25, -0.2) is 14.4 Å². The van der Waals surface area contributed by atoms with Crippen molar-refractivity contribution in [1.82, 2.24) is 24.8 Å². The van der Waals surface area contributed by atoms with E-state index in [-0.39, 0.29) is 23.3 Å². The van der Waals surface area contributed by atoms with E-state index in [0.29, 0.717) is 28.5 Å². The average molecular weight is 478 g/mol. The average Bonchev–Trinajstić information content (AvgIpc) is 3.26. The smallest absolute Gasteiger partial charge is 0.272 e. The number of pyridine rings is 2. The van der Waals surface area contributed by atoms with Gasteiger partial charge in [-0.3, -0.25) is 4.79 Å². The molecule has 11 heteroatoms. The van der Waals surface area contributed by atoms with Gasteiger partial charge in [0.25, 0.3) is 11.4 Å². The number of aromatic amines is 1. The van der Waals surface area contributed by atoms with Crippen LogP contribution in [-0.2, 0) is 0 Å². The van der Waals surface area contributed by atoms with Crippen LogP contribution in [0.15, 0.2) is 53.6 Å². The number of methoxy groups -OCH3 is 1. The van der Waals surface area contributed by atoms with Crippen LogP contribution in [0.1, 0.15) is 6.42 Å². The molecule has 1 aliphatic heterocycles. The lowest BCUT2D eigenvalue weighted by molar-refractivity contribution is 0.191. The van der Waals surface area contributed by atoms with E-state index in [4.69, 9.17) is 9.47 Å². The number of para-hydroxylation sites is 1. The van der Waals surface area contributed by atoms with Crippen molar-refractivity contribution >= 4 is 34.0 Å². The van der Waals surface area contributed by atoms with Crippen LogP contribution < -0.4 is 25.7 Å². The lowest BCUT2D eigenvalue weighted by Crippen LogP contribution is -2.22. The van der Waals surface area contributed by atoms with Gasteiger partial charge in [0.05, 0.1) is 24.5 Å². The number of ether oxygens (including phenoxy) is 2. The minimum Gasteiger partial charge on any atom is -0.491 e. The number of halogens is 1. The first-order valence-corrected chi connectivity index (χ1v) is 11.1. The van der Waals surface area contributed by atoms with Crippen LogP contribution in [0.4, 0.5) is 27.5 Å². The van der Waals surface area contributed by atoms with Crippen molar-refractivity contribution in [3.63, 3.8) is 0 Å². The van der Waals surface area contributed by atoms with Crippen molar-refractivity contribution in [3.8, 4) is 11.6 Å². The van der Waals surface area contributed by atoms with E-state index in [0.717, 1.165) is 19.5 Å². The highest BCUT2D eigenvalue weighted by Gasteiger charge is 2.23. The number of hydrogen-bond donors (Lipinski definition) is 3. The number of aromatic nitrogens is 4. The topological polar surface area (TPSA) is 117 Å². The third-order valence-corrected chi connectivity index (χ3v) is 5.67. The molecule has 1 aliphatic rings. The molecule has 1 atom stereocenters. The zero-order chi connectivity index (χ0) is 24.4. The molecule has 0 aliphatic carbocycles. The van der Waals surface area contributed by atoms with Crippen LogP contribution in [0, 0.1) is 5.82 Å². The molecule has 1 saturated heterocycles. The molecular weight excluding hydrogens is 453 g/mol. The highest BCUT2D eigenvalue weighted by atomic mass is 19.1. The molecule has 4 aromatic rings. The van der Waals surface area contributed by atoms with Crippen molar-refractivity contribution < 1.29 is 13.9 Å². The molecule has 0 spiro atoms. The molecule has 0 unspecified atom stereocenters. The molecule has 0 saturated carbocycles. The van der Waals surface area contributed by atoms with Crippen molar-refractivity contribution in [3.05, 3.63) is 65.0 Å². The number of likely N-dealkylation sites (tertiary alicyclic amines) is 1. The van der Waals surface area contributed by atoms with Crippen LogP contribution in [0.5, 0.6) is 11.6 Å². The molecule has 0 bridgehead atoms. The second kappa shape index (κ2) is 9.55. The van der Waals surface area contributed by atoms with Crippen LogP contribution in [0.25, 0.3) is 10.9 Å². The Morgan fingerprint density at radius 1 is 1.20 bits per heavy atom. The van der Waals surface area contributed by atoms with E-state index >= 15 is 0 Å². The fourth-order valence-corrected chi connectivity index (χ4v) is 3.93. The summed E-state index contributed by atoms with van der Waals surface area (Å²) < 4.78 is 25.4. The Balaban J connectivity index is 1.33. The maximum atomic E-state index is 13.9. The minimum absolute atomic E-state index is 0.0704. The molecule has 0 radical (unpaired) electrons. The molecule has 3 N–H and O–H groups in total. The molecule has 4 heterocycles. The molecule has 0 amide bonds. The van der Waals surface area contributed by atoms with Crippen LogP contribution >= 0.6 is 0 Å². The number of rotatable bonds is 7. The number of nitrogens with one attached hydrogen (secondary N) is 3. The van der Waals surface area contributed by atoms with Crippen LogP contribution in [-0.4, -0.2) is 58.2 Å². The first-order valence-electron chi connectivity index (χ1n) is 11.1. The van der Waals surface area contributed by atoms with E-state index in [1.165, 1.54) is 6.07 Å². The number of anilines is 4. The second-order valence-electron chi connectivity index (χ2n) is 8.25. The predicted octanol–water partition coefficient (Wildman–Crippen LogP) is 3.43. The van der Waals surface area contributed by atoms with Gasteiger partial charge < -0.3 is 30.0 Å². The summed E-state index contributed by atoms with van der Waals surface area (Å²) in [6.07, 6.45) is 4.17. The van der Waals surface area contributed by atoms with E-state index in [2.05, 4.69) is 42.5 Å². The SMILES string of the molecule is COc1cc(Nc2nccc(Nc3cc4cccc(F)c4[nH]c3=O)n2)cnc1O[C@@H]1CCN(C)C1. The molecule has 1 fully saturated rings. The van der Waals surface area contributed by atoms with Crippen molar-refractivity contribution in [2.24, 2.45) is 0 Å². The van der Waals surface area contributed by atoms with Crippen molar-refractivity contribution in [2.75, 3.05) is 37.9 Å². The van der Waals surface area contributed by atoms with Gasteiger partial charge in [-0.05, 0) is 31.7 Å². The highest BCUT2D eigenvalue weighted by molar-refractivity contribution is 5.82. The van der Waals surface area contributed by atoms with Gasteiger partial charge in [-0.15, -0.1) is 0 Å². The maximum absolute atomic E-state index is 13.9. The van der Waals surface area contributed by atoms with Gasteiger partial charge in [0.15, 0.2) is 5.75 Å². The van der Waals surface area contributed by atoms with Gasteiger partial charge in [-0.2, -0.15) is 4.98 Å². The fraction of sp³-hybridized carbons (Fsp3) is 0.250. The zero-order valence-electron chi connectivity index (χ0n) is 19.2. The van der Waals surface area contributed by atoms with Crippen molar-refractivity contribution in [1.29, 1.82) is 0 Å². The maximum Gasteiger partial charge on any atom is 0.272 e. The first kappa shape index (κ1) is 22.5. The first-order chi connectivity index (χ1) is 17.0. The minimum atomic E-state index is -0.490. The summed E-state index contributed by atoms with van der Waals surface area (Å²) in [5.74, 6) is 1.10. The molecule has 3 aromatic heterocycles. The van der Waals surface area contributed by atoms with Gasteiger partial charge in [0.1, 0.15) is 23.4 Å². The third-order valence-electron chi connectivity index (χ3n) is 5.67. The van der Waals surface area contributed by atoms with Crippen LogP contribution in [0.3, 0.4) is 0 Å². The van der Waals surface area contributed by atoms with Gasteiger partial charge in [0.2, 0.25) is 5.95 Å². The number of likely N-dealkylation sites (N-methyl/N-ethyl adjacent to an activating group) is 1. The quantitative estimate of drug-likeness (QED) is 0.368. The molecule has 35 heavy (non-hydrogen) atoms. The largest absolute Gasteiger partial charge is 0.491 e. The Labute approximate surface area is 200 Å². The van der Waals surface area contributed by atoms with E-state index in [1.54, 1.807) is 49.8 Å². The standard InChI is InChI=1S/C24H24FN7O3/c1-32-9-7-16(13-32)35-23-19(34-2)11-15(12-27-23)28-24-26-8-6-20(30-24)29-18-10-14-4-3-5-17(25)21(14)31-22(18)33/h3-6,8,10-12,16H,7,9,13H2,1-2H3,(H,31,33)(H2,26,28,29,30)/t16-/m1/s1. The molecular formula is C24H24FN7O3. The Morgan fingerprint density at radius 2 is 2.09 bits per heavy atom. The molecule has 1 aromatic carbocycles. The summed E-state index contributed by atoms with van der Waals surface area (Å²) in [6.45, 7) is 1.82. The summed E-state index contributed by atoms with van der Waals surface area (Å²) >= 11 is 0. The number of nitrogens with zero attached hydrogens (tertiary/aromatic N) is 4. The normalized spacial score (nSPS) is 15.8. The number of H-pyrrole nitrogens is 1. The number of hydrogen-bond acceptors (Lipinski definition) is 9. The van der Waals surface area contributed by atoms with Gasteiger partial charge in [0, 0.05) is 30.7 Å². The summed E-state index contributed by atoms with van der Waals surface area (Å²) in [4.78, 5) is 30.2. The summed E-state index contributed by atoms with van der Waals surface area (Å²) in [7, 11) is 3.61. The van der Waals surface area contributed by atoms with Crippen molar-refractivity contribution in [2.45, 2.75) is 12.5 Å². The highest BCUT2D eigenvalue weighted by Crippen LogP contribution is 2.30. The van der Waals surface area contributed by atoms with Gasteiger partial charge >= 0.3 is 0 Å². The number of fused-ring (bicyclic) bond motifs is 1. The Kier molecular flexibility index (Phi) is 6.15. The summed E-state index contributed by atoms with van der Waals surface area (Å²) in [5, 5.41) is 6.60. The van der Waals surface area contributed by atoms with Crippen LogP contribution in [0.2, 0.25) is 0 Å². The molecule has 180 valence electrons. The second-order valence-corrected chi connectivity index (χ2v) is 8.25. The number of benzene rings is 1. The monoisotopic (exact) mass is 477 g/mol. The Bertz CT molecular complexity index is 1430. The summed E-state index contributed by atoms with van der Waals surface area (Å²) in [5.41, 5.74) is 0.527. The van der Waals surface area contributed by atoms with E-state index < -0.39 is 11.4 Å². The van der Waals surface area contributed by atoms with E-state index in [1.807, 2.05) is 0 Å². The summed E-state index contributed by atoms with van der Waals surface area (Å²) in [6, 6.07) is 9.54. The lowest BCUT2D eigenvalue weighted by atomic mass is 10.2. The Hall–Kier alpha value is -4.25. The Morgan fingerprint density at radius 3 is 2.89 bits per heavy atom. The lowest BCUT2D eigenvalue weighted by Gasteiger charge is -2.16. The third kappa shape index (κ3) is 4.99. The predicted molar refractivity (Wildman–Crippen MR) is 130 cm³/mol. The molecule has 10 nitrogen and oxygen atoms in total.